The molecule has 2 aliphatic heterocycles. The van der Waals surface area contributed by atoms with Crippen molar-refractivity contribution >= 4 is 22.2 Å². The molecule has 6 heteroatoms. The fraction of sp³-hybridized carbons (Fsp3) is 0.261. The summed E-state index contributed by atoms with van der Waals surface area (Å²) in [6.07, 6.45) is 0.344. The highest BCUT2D eigenvalue weighted by Gasteiger charge is 2.31. The van der Waals surface area contributed by atoms with Crippen molar-refractivity contribution in [1.82, 2.24) is 0 Å². The predicted molar refractivity (Wildman–Crippen MR) is 110 cm³/mol. The van der Waals surface area contributed by atoms with Gasteiger partial charge in [-0.3, -0.25) is 4.79 Å². The molecule has 29 heavy (non-hydrogen) atoms. The van der Waals surface area contributed by atoms with Crippen molar-refractivity contribution in [3.05, 3.63) is 42.0 Å². The van der Waals surface area contributed by atoms with Crippen LogP contribution in [0.1, 0.15) is 24.9 Å². The van der Waals surface area contributed by atoms with E-state index in [9.17, 15) is 4.79 Å². The Morgan fingerprint density at radius 3 is 2.55 bits per heavy atom. The number of carbonyl (C=O) groups excluding carboxylic acids is 1. The van der Waals surface area contributed by atoms with Crippen molar-refractivity contribution in [1.29, 1.82) is 0 Å². The van der Waals surface area contributed by atoms with Crippen molar-refractivity contribution in [2.24, 2.45) is 0 Å². The van der Waals surface area contributed by atoms with Crippen molar-refractivity contribution in [2.75, 3.05) is 26.3 Å². The highest BCUT2D eigenvalue weighted by Crippen LogP contribution is 2.51. The van der Waals surface area contributed by atoms with Gasteiger partial charge in [-0.2, -0.15) is 0 Å². The van der Waals surface area contributed by atoms with Gasteiger partial charge in [0.2, 0.25) is 6.79 Å². The van der Waals surface area contributed by atoms with Crippen molar-refractivity contribution in [2.45, 2.75) is 19.4 Å². The summed E-state index contributed by atoms with van der Waals surface area (Å²) in [6, 6.07) is 11.9. The van der Waals surface area contributed by atoms with Crippen LogP contribution >= 0.6 is 0 Å². The molecule has 0 saturated carbocycles. The normalized spacial score (nSPS) is 16.0. The van der Waals surface area contributed by atoms with Crippen LogP contribution in [0.2, 0.25) is 0 Å². The molecule has 1 atom stereocenters. The molecule has 1 unspecified atom stereocenters. The molecule has 0 aromatic heterocycles. The first kappa shape index (κ1) is 17.7. The van der Waals surface area contributed by atoms with Gasteiger partial charge < -0.3 is 24.3 Å². The van der Waals surface area contributed by atoms with Crippen LogP contribution in [0.4, 0.5) is 5.69 Å². The monoisotopic (exact) mass is 391 g/mol. The average Bonchev–Trinajstić information content (AvgIpc) is 3.18. The molecule has 6 nitrogen and oxygen atoms in total. The number of hydrogen-bond donors (Lipinski definition) is 1. The Hall–Kier alpha value is -3.41. The highest BCUT2D eigenvalue weighted by molar-refractivity contribution is 6.05. The first-order valence-corrected chi connectivity index (χ1v) is 9.48. The average molecular weight is 391 g/mol. The first-order valence-electron chi connectivity index (χ1n) is 9.48. The minimum Gasteiger partial charge on any atom is -0.493 e. The summed E-state index contributed by atoms with van der Waals surface area (Å²) in [5, 5.41) is 5.67. The standard InChI is InChI=1S/C23H21NO5/c1-12(25)8-17-21-14(6-7-18(26-2)23(21)27-3)15-5-4-13-9-19-20(29-11-28-19)10-16(13)22(15)24-17/h4-7,9-10,17,24H,8,11H2,1-3H3. The SMILES string of the molecule is COc1ccc2c(c1OC)C(CC(C)=O)Nc1c-2ccc2cc3c(cc12)OCO3. The predicted octanol–water partition coefficient (Wildman–Crippen LogP) is 4.70. The molecule has 0 fully saturated rings. The topological polar surface area (TPSA) is 66.0 Å². The number of ether oxygens (including phenoxy) is 4. The number of nitrogens with one attached hydrogen (secondary N) is 1. The van der Waals surface area contributed by atoms with E-state index in [2.05, 4.69) is 17.4 Å². The quantitative estimate of drug-likeness (QED) is 0.696. The van der Waals surface area contributed by atoms with Gasteiger partial charge in [0.05, 0.1) is 25.9 Å². The summed E-state index contributed by atoms with van der Waals surface area (Å²) in [4.78, 5) is 12.1. The van der Waals surface area contributed by atoms with Crippen LogP contribution in [0.25, 0.3) is 21.9 Å². The fourth-order valence-corrected chi connectivity index (χ4v) is 4.31. The van der Waals surface area contributed by atoms with Crippen molar-refractivity contribution in [3.63, 3.8) is 0 Å². The zero-order chi connectivity index (χ0) is 20.1. The fourth-order valence-electron chi connectivity index (χ4n) is 4.31. The van der Waals surface area contributed by atoms with E-state index in [-0.39, 0.29) is 18.6 Å². The van der Waals surface area contributed by atoms with Gasteiger partial charge >= 0.3 is 0 Å². The Morgan fingerprint density at radius 2 is 1.83 bits per heavy atom. The molecule has 0 aliphatic carbocycles. The lowest BCUT2D eigenvalue weighted by Gasteiger charge is -2.32. The van der Waals surface area contributed by atoms with E-state index in [4.69, 9.17) is 18.9 Å². The summed E-state index contributed by atoms with van der Waals surface area (Å²) >= 11 is 0. The van der Waals surface area contributed by atoms with Crippen LogP contribution in [-0.2, 0) is 4.79 Å². The summed E-state index contributed by atoms with van der Waals surface area (Å²) in [5.41, 5.74) is 4.00. The van der Waals surface area contributed by atoms with E-state index in [0.29, 0.717) is 17.9 Å². The molecule has 0 bridgehead atoms. The maximum absolute atomic E-state index is 12.1. The van der Waals surface area contributed by atoms with Gasteiger partial charge in [-0.1, -0.05) is 12.1 Å². The van der Waals surface area contributed by atoms with Gasteiger partial charge in [0.25, 0.3) is 0 Å². The molecule has 1 N–H and O–H groups in total. The second-order valence-electron chi connectivity index (χ2n) is 7.28. The number of fused-ring (bicyclic) bond motifs is 6. The minimum absolute atomic E-state index is 0.0969. The molecule has 3 aromatic carbocycles. The number of Topliss-reactive ketones (excluding diaryl/α,β-unsaturated/α-hetero) is 1. The third-order valence-corrected chi connectivity index (χ3v) is 5.55. The maximum atomic E-state index is 12.1. The number of carbonyl (C=O) groups is 1. The molecule has 0 radical (unpaired) electrons. The maximum Gasteiger partial charge on any atom is 0.231 e. The Balaban J connectivity index is 1.79. The lowest BCUT2D eigenvalue weighted by molar-refractivity contribution is -0.117. The van der Waals surface area contributed by atoms with Gasteiger partial charge in [0, 0.05) is 22.9 Å². The highest BCUT2D eigenvalue weighted by atomic mass is 16.7. The Labute approximate surface area is 168 Å². The largest absolute Gasteiger partial charge is 0.493 e. The number of methoxy groups -OCH3 is 2. The molecule has 0 amide bonds. The summed E-state index contributed by atoms with van der Waals surface area (Å²) < 4.78 is 22.3. The zero-order valence-corrected chi connectivity index (χ0v) is 16.5. The van der Waals surface area contributed by atoms with Gasteiger partial charge in [-0.15, -0.1) is 0 Å². The summed E-state index contributed by atoms with van der Waals surface area (Å²) in [6.45, 7) is 1.83. The number of rotatable bonds is 4. The number of ketones is 1. The number of anilines is 1. The van der Waals surface area contributed by atoms with Crippen LogP contribution in [-0.4, -0.2) is 26.8 Å². The van der Waals surface area contributed by atoms with E-state index in [1.54, 1.807) is 21.1 Å². The number of hydrogen-bond acceptors (Lipinski definition) is 6. The summed E-state index contributed by atoms with van der Waals surface area (Å²) in [5.74, 6) is 2.88. The van der Waals surface area contributed by atoms with Crippen LogP contribution in [0.15, 0.2) is 36.4 Å². The lowest BCUT2D eigenvalue weighted by atomic mass is 9.85. The van der Waals surface area contributed by atoms with Crippen LogP contribution in [0.3, 0.4) is 0 Å². The second kappa shape index (κ2) is 6.58. The molecule has 3 aromatic rings. The van der Waals surface area contributed by atoms with Crippen LogP contribution < -0.4 is 24.3 Å². The molecule has 0 spiro atoms. The Morgan fingerprint density at radius 1 is 1.07 bits per heavy atom. The van der Waals surface area contributed by atoms with Crippen LogP contribution in [0.5, 0.6) is 23.0 Å². The van der Waals surface area contributed by atoms with E-state index in [1.807, 2.05) is 24.3 Å². The molecular weight excluding hydrogens is 370 g/mol. The molecule has 0 saturated heterocycles. The molecule has 2 aliphatic rings. The van der Waals surface area contributed by atoms with Gasteiger partial charge in [0.15, 0.2) is 23.0 Å². The van der Waals surface area contributed by atoms with Gasteiger partial charge in [-0.05, 0) is 42.1 Å². The Kier molecular flexibility index (Phi) is 4.01. The van der Waals surface area contributed by atoms with Crippen LogP contribution in [0, 0.1) is 0 Å². The zero-order valence-electron chi connectivity index (χ0n) is 16.5. The molecule has 2 heterocycles. The van der Waals surface area contributed by atoms with Crippen molar-refractivity contribution < 1.29 is 23.7 Å². The Bertz CT molecular complexity index is 1150. The van der Waals surface area contributed by atoms with E-state index < -0.39 is 0 Å². The van der Waals surface area contributed by atoms with Crippen molar-refractivity contribution in [3.8, 4) is 34.1 Å². The molecular formula is C23H21NO5. The molecule has 148 valence electrons. The van der Waals surface area contributed by atoms with Gasteiger partial charge in [-0.25, -0.2) is 0 Å². The number of benzene rings is 3. The summed E-state index contributed by atoms with van der Waals surface area (Å²) in [7, 11) is 3.24. The first-order chi connectivity index (χ1) is 14.1. The van der Waals surface area contributed by atoms with E-state index in [1.165, 1.54) is 0 Å². The third kappa shape index (κ3) is 2.67. The lowest BCUT2D eigenvalue weighted by Crippen LogP contribution is -2.20. The van der Waals surface area contributed by atoms with E-state index in [0.717, 1.165) is 44.6 Å². The molecule has 5 rings (SSSR count). The third-order valence-electron chi connectivity index (χ3n) is 5.55. The minimum atomic E-state index is -0.226. The van der Waals surface area contributed by atoms with Gasteiger partial charge in [0.1, 0.15) is 5.78 Å². The smallest absolute Gasteiger partial charge is 0.231 e. The second-order valence-corrected chi connectivity index (χ2v) is 7.28. The van der Waals surface area contributed by atoms with E-state index >= 15 is 0 Å².